The molecule has 89 valence electrons. The minimum Gasteiger partial charge on any atom is -0.433 e. The van der Waals surface area contributed by atoms with Crippen molar-refractivity contribution in [3.8, 4) is 11.1 Å². The Labute approximate surface area is 105 Å². The summed E-state index contributed by atoms with van der Waals surface area (Å²) >= 11 is 11.3. The third kappa shape index (κ3) is 2.58. The van der Waals surface area contributed by atoms with Crippen molar-refractivity contribution in [3.05, 3.63) is 46.3 Å². The molecular weight excluding hydrogens is 276 g/mol. The van der Waals surface area contributed by atoms with Crippen LogP contribution < -0.4 is 0 Å². The Morgan fingerprint density at radius 2 is 1.88 bits per heavy atom. The molecule has 1 aromatic heterocycles. The Morgan fingerprint density at radius 3 is 2.41 bits per heavy atom. The molecule has 1 heterocycles. The molecule has 2 aromatic rings. The molecule has 1 aromatic carbocycles. The molecule has 0 bridgehead atoms. The smallest absolute Gasteiger partial charge is 0.417 e. The number of halogens is 5. The van der Waals surface area contributed by atoms with Crippen molar-refractivity contribution in [2.45, 2.75) is 6.18 Å². The Hall–Kier alpha value is -1.13. The molecule has 0 spiro atoms. The number of hydrogen-bond donors (Lipinski definition) is 0. The van der Waals surface area contributed by atoms with E-state index in [1.165, 1.54) is 18.2 Å². The lowest BCUT2D eigenvalue weighted by atomic mass is 10.1. The van der Waals surface area contributed by atoms with E-state index in [9.17, 15) is 13.2 Å². The summed E-state index contributed by atoms with van der Waals surface area (Å²) < 4.78 is 42.3. The highest BCUT2D eigenvalue weighted by Gasteiger charge is 2.31. The summed E-state index contributed by atoms with van der Waals surface area (Å²) in [5.74, 6) is 0. The summed E-state index contributed by atoms with van der Waals surface area (Å²) in [6.07, 6.45) is -4.45. The molecule has 0 unspecified atom stereocenters. The lowest BCUT2D eigenvalue weighted by Gasteiger charge is -2.07. The first-order chi connectivity index (χ1) is 7.88. The van der Waals surface area contributed by atoms with E-state index in [-0.39, 0.29) is 16.0 Å². The molecule has 0 atom stereocenters. The summed E-state index contributed by atoms with van der Waals surface area (Å²) in [6, 6.07) is 7.03. The fourth-order valence-electron chi connectivity index (χ4n) is 1.33. The van der Waals surface area contributed by atoms with Crippen LogP contribution in [0.1, 0.15) is 5.56 Å². The monoisotopic (exact) mass is 279 g/mol. The lowest BCUT2D eigenvalue weighted by Crippen LogP contribution is -2.04. The Morgan fingerprint density at radius 1 is 1.18 bits per heavy atom. The van der Waals surface area contributed by atoms with E-state index in [0.717, 1.165) is 6.07 Å². The largest absolute Gasteiger partial charge is 0.433 e. The van der Waals surface area contributed by atoms with Crippen molar-refractivity contribution in [2.75, 3.05) is 0 Å². The SMILES string of the molecule is FC(F)(F)c1[c]ccc(-c2cc(Cl)oc2Cl)c1. The van der Waals surface area contributed by atoms with Gasteiger partial charge in [0.15, 0.2) is 5.22 Å². The zero-order chi connectivity index (χ0) is 12.6. The van der Waals surface area contributed by atoms with Crippen molar-refractivity contribution in [1.29, 1.82) is 0 Å². The number of hydrogen-bond acceptors (Lipinski definition) is 1. The maximum atomic E-state index is 12.5. The van der Waals surface area contributed by atoms with E-state index in [0.29, 0.717) is 5.56 Å². The van der Waals surface area contributed by atoms with Gasteiger partial charge >= 0.3 is 6.18 Å². The van der Waals surface area contributed by atoms with Crippen LogP contribution in [-0.4, -0.2) is 0 Å². The average Bonchev–Trinajstić information content (AvgIpc) is 2.57. The van der Waals surface area contributed by atoms with Crippen LogP contribution in [0, 0.1) is 6.07 Å². The van der Waals surface area contributed by atoms with Gasteiger partial charge in [-0.1, -0.05) is 12.1 Å². The highest BCUT2D eigenvalue weighted by Crippen LogP contribution is 2.36. The molecule has 2 rings (SSSR count). The standard InChI is InChI=1S/C11H4Cl2F3O/c12-9-5-8(10(13)17-9)6-2-1-3-7(4-6)11(14,15)16/h1-2,4-5H. The second-order valence-corrected chi connectivity index (χ2v) is 3.94. The predicted molar refractivity (Wildman–Crippen MR) is 58.0 cm³/mol. The quantitative estimate of drug-likeness (QED) is 0.710. The molecule has 0 amide bonds. The van der Waals surface area contributed by atoms with Gasteiger partial charge in [-0.3, -0.25) is 0 Å². The molecule has 6 heteroatoms. The molecule has 0 fully saturated rings. The van der Waals surface area contributed by atoms with Crippen LogP contribution in [0.25, 0.3) is 11.1 Å². The number of furan rings is 1. The van der Waals surface area contributed by atoms with E-state index in [1.54, 1.807) is 0 Å². The Bertz CT molecular complexity index is 546. The number of alkyl halides is 3. The summed E-state index contributed by atoms with van der Waals surface area (Å²) in [7, 11) is 0. The van der Waals surface area contributed by atoms with Gasteiger partial charge < -0.3 is 4.42 Å². The van der Waals surface area contributed by atoms with E-state index < -0.39 is 11.7 Å². The molecular formula is C11H4Cl2F3O. The van der Waals surface area contributed by atoms with Gasteiger partial charge in [0.25, 0.3) is 0 Å². The van der Waals surface area contributed by atoms with Crippen molar-refractivity contribution in [2.24, 2.45) is 0 Å². The first-order valence-corrected chi connectivity index (χ1v) is 5.17. The highest BCUT2D eigenvalue weighted by molar-refractivity contribution is 6.34. The van der Waals surface area contributed by atoms with Crippen LogP contribution in [0.15, 0.2) is 28.7 Å². The second-order valence-electron chi connectivity index (χ2n) is 3.23. The van der Waals surface area contributed by atoms with E-state index in [4.69, 9.17) is 27.6 Å². The van der Waals surface area contributed by atoms with Gasteiger partial charge in [-0.25, -0.2) is 0 Å². The highest BCUT2D eigenvalue weighted by atomic mass is 35.5. The molecule has 0 aliphatic heterocycles. The third-order valence-corrected chi connectivity index (χ3v) is 2.54. The molecule has 17 heavy (non-hydrogen) atoms. The number of benzene rings is 1. The predicted octanol–water partition coefficient (Wildman–Crippen LogP) is 5.07. The fourth-order valence-corrected chi connectivity index (χ4v) is 1.81. The molecule has 0 aliphatic rings. The van der Waals surface area contributed by atoms with Gasteiger partial charge in [-0.15, -0.1) is 0 Å². The van der Waals surface area contributed by atoms with Gasteiger partial charge in [0.05, 0.1) is 5.56 Å². The summed E-state index contributed by atoms with van der Waals surface area (Å²) in [6.45, 7) is 0. The first-order valence-electron chi connectivity index (χ1n) is 4.42. The average molecular weight is 280 g/mol. The van der Waals surface area contributed by atoms with Crippen molar-refractivity contribution in [1.82, 2.24) is 0 Å². The van der Waals surface area contributed by atoms with Gasteiger partial charge in [0, 0.05) is 11.6 Å². The second kappa shape index (κ2) is 4.27. The van der Waals surface area contributed by atoms with Crippen molar-refractivity contribution < 1.29 is 17.6 Å². The minimum absolute atomic E-state index is 0.0198. The lowest BCUT2D eigenvalue weighted by molar-refractivity contribution is -0.137. The van der Waals surface area contributed by atoms with Crippen LogP contribution in [-0.2, 0) is 6.18 Å². The summed E-state index contributed by atoms with van der Waals surface area (Å²) in [4.78, 5) is 0. The minimum atomic E-state index is -4.45. The van der Waals surface area contributed by atoms with Gasteiger partial charge in [0.1, 0.15) is 0 Å². The zero-order valence-electron chi connectivity index (χ0n) is 8.11. The Balaban J connectivity index is 2.50. The molecule has 0 aliphatic carbocycles. The fraction of sp³-hybridized carbons (Fsp3) is 0.0909. The molecule has 0 N–H and O–H groups in total. The number of rotatable bonds is 1. The van der Waals surface area contributed by atoms with Crippen molar-refractivity contribution in [3.63, 3.8) is 0 Å². The normalized spacial score (nSPS) is 11.8. The zero-order valence-corrected chi connectivity index (χ0v) is 9.62. The van der Waals surface area contributed by atoms with Gasteiger partial charge in [0.2, 0.25) is 5.22 Å². The molecule has 0 saturated carbocycles. The molecule has 0 saturated heterocycles. The van der Waals surface area contributed by atoms with Crippen molar-refractivity contribution >= 4 is 23.2 Å². The van der Waals surface area contributed by atoms with Gasteiger partial charge in [-0.05, 0) is 40.9 Å². The summed E-state index contributed by atoms with van der Waals surface area (Å²) in [5.41, 5.74) is -0.281. The van der Waals surface area contributed by atoms with Crippen LogP contribution >= 0.6 is 23.2 Å². The molecule has 1 radical (unpaired) electrons. The summed E-state index contributed by atoms with van der Waals surface area (Å²) in [5, 5.41) is -0.0271. The van der Waals surface area contributed by atoms with Crippen LogP contribution in [0.5, 0.6) is 0 Å². The van der Waals surface area contributed by atoms with Crippen LogP contribution in [0.4, 0.5) is 13.2 Å². The van der Waals surface area contributed by atoms with E-state index in [1.807, 2.05) is 0 Å². The third-order valence-electron chi connectivity index (χ3n) is 2.07. The van der Waals surface area contributed by atoms with Crippen LogP contribution in [0.3, 0.4) is 0 Å². The molecule has 1 nitrogen and oxygen atoms in total. The maximum absolute atomic E-state index is 12.5. The van der Waals surface area contributed by atoms with Crippen LogP contribution in [0.2, 0.25) is 10.4 Å². The first kappa shape index (κ1) is 12.3. The Kier molecular flexibility index (Phi) is 3.10. The topological polar surface area (TPSA) is 13.1 Å². The van der Waals surface area contributed by atoms with Gasteiger partial charge in [-0.2, -0.15) is 13.2 Å². The van der Waals surface area contributed by atoms with E-state index in [2.05, 4.69) is 6.07 Å². The maximum Gasteiger partial charge on any atom is 0.417 e. The van der Waals surface area contributed by atoms with E-state index >= 15 is 0 Å².